The van der Waals surface area contributed by atoms with E-state index in [1.54, 1.807) is 20.8 Å². The second kappa shape index (κ2) is 43.2. The number of carboxylic acids is 1. The number of carboxylic acid groups (broad SMARTS) is 1. The van der Waals surface area contributed by atoms with Crippen molar-refractivity contribution in [1.29, 1.82) is 0 Å². The van der Waals surface area contributed by atoms with Crippen LogP contribution in [0.2, 0.25) is 0 Å². The average Bonchev–Trinajstić information content (AvgIpc) is 2.50. The van der Waals surface area contributed by atoms with Gasteiger partial charge in [-0.05, 0) is 20.8 Å². The molecular formula is C18H42O7. The van der Waals surface area contributed by atoms with Gasteiger partial charge < -0.3 is 19.3 Å². The van der Waals surface area contributed by atoms with Crippen LogP contribution in [0.25, 0.3) is 0 Å². The molecule has 7 heteroatoms. The Hall–Kier alpha value is -1.79. The Labute approximate surface area is 155 Å². The molecular weight excluding hydrogens is 328 g/mol. The Morgan fingerprint density at radius 2 is 0.960 bits per heavy atom. The van der Waals surface area contributed by atoms with E-state index in [1.165, 1.54) is 19.8 Å². The average molecular weight is 371 g/mol. The van der Waals surface area contributed by atoms with Gasteiger partial charge in [-0.25, -0.2) is 4.79 Å². The van der Waals surface area contributed by atoms with Crippen LogP contribution in [0.4, 0.5) is 4.79 Å². The van der Waals surface area contributed by atoms with Gasteiger partial charge in [-0.1, -0.05) is 48.0 Å². The first-order valence-electron chi connectivity index (χ1n) is 8.35. The molecule has 7 nitrogen and oxygen atoms in total. The van der Waals surface area contributed by atoms with Crippen molar-refractivity contribution in [2.45, 2.75) is 82.6 Å². The summed E-state index contributed by atoms with van der Waals surface area (Å²) in [6.07, 6.45) is 2.05. The maximum Gasteiger partial charge on any atom is 0.508 e. The van der Waals surface area contributed by atoms with Gasteiger partial charge in [-0.3, -0.25) is 9.59 Å². The molecule has 0 aromatic rings. The third-order valence-corrected chi connectivity index (χ3v) is 1.37. The van der Waals surface area contributed by atoms with Gasteiger partial charge in [0.2, 0.25) is 0 Å². The van der Waals surface area contributed by atoms with Crippen molar-refractivity contribution >= 4 is 18.1 Å². The van der Waals surface area contributed by atoms with Crippen molar-refractivity contribution in [2.24, 2.45) is 0 Å². The van der Waals surface area contributed by atoms with E-state index in [0.717, 1.165) is 6.92 Å². The molecule has 0 aliphatic rings. The highest BCUT2D eigenvalue weighted by atomic mass is 16.7. The van der Waals surface area contributed by atoms with Gasteiger partial charge in [0.15, 0.2) is 0 Å². The highest BCUT2D eigenvalue weighted by Crippen LogP contribution is 1.81. The minimum Gasteiger partial charge on any atom is -0.481 e. The smallest absolute Gasteiger partial charge is 0.481 e. The summed E-state index contributed by atoms with van der Waals surface area (Å²) in [5.74, 6) is -1.04. The van der Waals surface area contributed by atoms with Gasteiger partial charge >= 0.3 is 12.1 Å². The first kappa shape index (κ1) is 38.7. The molecule has 0 aliphatic carbocycles. The van der Waals surface area contributed by atoms with Crippen LogP contribution in [0.3, 0.4) is 0 Å². The number of carbonyl (C=O) groups excluding carboxylic acids is 2. The first-order valence-corrected chi connectivity index (χ1v) is 8.35. The fourth-order valence-electron chi connectivity index (χ4n) is 0.481. The van der Waals surface area contributed by atoms with Gasteiger partial charge in [0.25, 0.3) is 5.97 Å². The van der Waals surface area contributed by atoms with Crippen molar-refractivity contribution in [3.05, 3.63) is 0 Å². The molecule has 0 atom stereocenters. The third kappa shape index (κ3) is 135. The van der Waals surface area contributed by atoms with Crippen molar-refractivity contribution in [3.8, 4) is 0 Å². The van der Waals surface area contributed by atoms with E-state index < -0.39 is 12.1 Å². The zero-order valence-electron chi connectivity index (χ0n) is 16.9. The number of aliphatic carboxylic acids is 1. The number of ether oxygens (including phenoxy) is 3. The molecule has 0 spiro atoms. The lowest BCUT2D eigenvalue weighted by Gasteiger charge is -1.98. The van der Waals surface area contributed by atoms with Crippen LogP contribution in [0, 0.1) is 0 Å². The van der Waals surface area contributed by atoms with Gasteiger partial charge in [0.1, 0.15) is 0 Å². The molecule has 0 saturated heterocycles. The zero-order chi connectivity index (χ0) is 20.4. The van der Waals surface area contributed by atoms with E-state index in [9.17, 15) is 9.59 Å². The molecule has 156 valence electrons. The predicted molar refractivity (Wildman–Crippen MR) is 103 cm³/mol. The number of carbonyl (C=O) groups is 3. The topological polar surface area (TPSA) is 99.1 Å². The summed E-state index contributed by atoms with van der Waals surface area (Å²) in [4.78, 5) is 29.0. The second-order valence-electron chi connectivity index (χ2n) is 3.56. The monoisotopic (exact) mass is 370 g/mol. The van der Waals surface area contributed by atoms with E-state index >= 15 is 0 Å². The van der Waals surface area contributed by atoms with Crippen LogP contribution in [-0.2, 0) is 23.8 Å². The minimum atomic E-state index is -0.833. The van der Waals surface area contributed by atoms with Crippen molar-refractivity contribution in [2.75, 3.05) is 19.8 Å². The number of rotatable bonds is 4. The summed E-state index contributed by atoms with van der Waals surface area (Å²) in [5.41, 5.74) is 0. The van der Waals surface area contributed by atoms with Gasteiger partial charge in [-0.15, -0.1) is 0 Å². The number of hydrogen-bond donors (Lipinski definition) is 1. The molecule has 0 aromatic carbocycles. The summed E-state index contributed by atoms with van der Waals surface area (Å²) >= 11 is 0. The molecule has 25 heavy (non-hydrogen) atoms. The minimum absolute atomic E-state index is 0. The van der Waals surface area contributed by atoms with E-state index in [2.05, 4.69) is 28.1 Å². The van der Waals surface area contributed by atoms with E-state index in [-0.39, 0.29) is 13.4 Å². The standard InChI is InChI=1S/C5H10O3.C4H8O2.C4H10.C2H4O2.C2H6.CH4/c1-3-7-5(6)8-4-2;1-3-6-4(2)5;1-3-4-2;1-2(3)4;1-2;/h3-4H2,1-2H3;3H2,1-2H3;3-4H2,1-2H3;1H3,(H,3,4);1-2H3;1H4. The number of esters is 1. The largest absolute Gasteiger partial charge is 0.508 e. The molecule has 0 unspecified atom stereocenters. The highest BCUT2D eigenvalue weighted by molar-refractivity contribution is 5.65. The zero-order valence-corrected chi connectivity index (χ0v) is 16.9. The maximum atomic E-state index is 10.2. The second-order valence-corrected chi connectivity index (χ2v) is 3.56. The molecule has 0 radical (unpaired) electrons. The van der Waals surface area contributed by atoms with E-state index in [1.807, 2.05) is 13.8 Å². The molecule has 0 bridgehead atoms. The molecule has 0 saturated carbocycles. The van der Waals surface area contributed by atoms with Crippen LogP contribution in [0.1, 0.15) is 82.6 Å². The quantitative estimate of drug-likeness (QED) is 0.669. The molecule has 1 N–H and O–H groups in total. The Morgan fingerprint density at radius 3 is 1.04 bits per heavy atom. The molecule has 0 heterocycles. The van der Waals surface area contributed by atoms with E-state index in [0.29, 0.717) is 19.8 Å². The maximum absolute atomic E-state index is 10.2. The van der Waals surface area contributed by atoms with Crippen LogP contribution in [-0.4, -0.2) is 43.0 Å². The lowest BCUT2D eigenvalue weighted by Crippen LogP contribution is -2.05. The summed E-state index contributed by atoms with van der Waals surface area (Å²) in [5, 5.41) is 7.42. The number of unbranched alkanes of at least 4 members (excludes halogenated alkanes) is 1. The summed E-state index contributed by atoms with van der Waals surface area (Å²) < 4.78 is 13.2. The normalized spacial score (nSPS) is 6.92. The highest BCUT2D eigenvalue weighted by Gasteiger charge is 1.96. The SMILES string of the molecule is C.CC.CC(=O)O.CCCC.CCOC(=O)OCC.CCOC(C)=O. The summed E-state index contributed by atoms with van der Waals surface area (Å²) in [6, 6.07) is 0. The lowest BCUT2D eigenvalue weighted by molar-refractivity contribution is -0.140. The summed E-state index contributed by atoms with van der Waals surface area (Å²) in [7, 11) is 0. The summed E-state index contributed by atoms with van der Waals surface area (Å²) in [6.45, 7) is 17.3. The van der Waals surface area contributed by atoms with Crippen LogP contribution in [0.15, 0.2) is 0 Å². The van der Waals surface area contributed by atoms with Gasteiger partial charge in [0.05, 0.1) is 19.8 Å². The molecule has 0 aromatic heterocycles. The molecule has 0 amide bonds. The van der Waals surface area contributed by atoms with Crippen molar-refractivity contribution < 1.29 is 33.7 Å². The molecule has 0 rings (SSSR count). The van der Waals surface area contributed by atoms with Crippen LogP contribution < -0.4 is 0 Å². The Morgan fingerprint density at radius 1 is 0.720 bits per heavy atom. The number of hydrogen-bond acceptors (Lipinski definition) is 6. The van der Waals surface area contributed by atoms with Crippen LogP contribution >= 0.6 is 0 Å². The Kier molecular flexibility index (Phi) is 66.8. The van der Waals surface area contributed by atoms with Crippen molar-refractivity contribution in [1.82, 2.24) is 0 Å². The predicted octanol–water partition coefficient (Wildman–Crippen LogP) is 5.31. The third-order valence-electron chi connectivity index (χ3n) is 1.37. The Balaban J connectivity index is -0.0000000477. The van der Waals surface area contributed by atoms with Gasteiger partial charge in [-0.2, -0.15) is 0 Å². The molecule has 0 fully saturated rings. The van der Waals surface area contributed by atoms with Gasteiger partial charge in [0, 0.05) is 13.8 Å². The van der Waals surface area contributed by atoms with E-state index in [4.69, 9.17) is 9.90 Å². The molecule has 0 aliphatic heterocycles. The van der Waals surface area contributed by atoms with Crippen LogP contribution in [0.5, 0.6) is 0 Å². The Bertz CT molecular complexity index is 240. The van der Waals surface area contributed by atoms with Crippen molar-refractivity contribution in [3.63, 3.8) is 0 Å². The fourth-order valence-corrected chi connectivity index (χ4v) is 0.481. The lowest BCUT2D eigenvalue weighted by atomic mass is 10.4. The first-order chi connectivity index (χ1) is 11.2. The fraction of sp³-hybridized carbons (Fsp3) is 0.833.